The van der Waals surface area contributed by atoms with Crippen LogP contribution in [0.15, 0.2) is 53.4 Å². The van der Waals surface area contributed by atoms with Crippen molar-refractivity contribution < 1.29 is 9.53 Å². The van der Waals surface area contributed by atoms with Crippen LogP contribution in [0.5, 0.6) is 0 Å². The van der Waals surface area contributed by atoms with Crippen LogP contribution in [0.2, 0.25) is 0 Å². The molecule has 96 valence electrons. The van der Waals surface area contributed by atoms with E-state index in [4.69, 9.17) is 4.74 Å². The van der Waals surface area contributed by atoms with Gasteiger partial charge in [0.2, 0.25) is 6.23 Å². The Kier molecular flexibility index (Phi) is 3.17. The van der Waals surface area contributed by atoms with Gasteiger partial charge in [0.25, 0.3) is 0 Å². The summed E-state index contributed by atoms with van der Waals surface area (Å²) in [5, 5.41) is 3.25. The van der Waals surface area contributed by atoms with Crippen LogP contribution < -0.4 is 5.32 Å². The summed E-state index contributed by atoms with van der Waals surface area (Å²) in [5.74, 6) is -0.269. The predicted molar refractivity (Wildman–Crippen MR) is 76.4 cm³/mol. The molecule has 0 fully saturated rings. The molecule has 1 aliphatic rings. The van der Waals surface area contributed by atoms with Crippen molar-refractivity contribution in [3.63, 3.8) is 0 Å². The molecule has 4 heteroatoms. The molecule has 0 bridgehead atoms. The summed E-state index contributed by atoms with van der Waals surface area (Å²) in [4.78, 5) is 12.9. The zero-order chi connectivity index (χ0) is 13.2. The number of thioether (sulfide) groups is 1. The summed E-state index contributed by atoms with van der Waals surface area (Å²) >= 11 is 1.68. The van der Waals surface area contributed by atoms with Crippen molar-refractivity contribution >= 4 is 23.4 Å². The summed E-state index contributed by atoms with van der Waals surface area (Å²) < 4.78 is 5.35. The third-order valence-corrected chi connectivity index (χ3v) is 3.78. The van der Waals surface area contributed by atoms with Crippen LogP contribution in [-0.4, -0.2) is 12.2 Å². The van der Waals surface area contributed by atoms with E-state index in [0.29, 0.717) is 5.56 Å². The number of benzene rings is 2. The van der Waals surface area contributed by atoms with E-state index in [-0.39, 0.29) is 5.97 Å². The number of cyclic esters (lactones) is 1. The van der Waals surface area contributed by atoms with Gasteiger partial charge in [-0.3, -0.25) is 0 Å². The molecule has 2 aromatic carbocycles. The van der Waals surface area contributed by atoms with E-state index in [0.717, 1.165) is 11.3 Å². The van der Waals surface area contributed by atoms with Gasteiger partial charge in [-0.05, 0) is 30.5 Å². The van der Waals surface area contributed by atoms with Crippen molar-refractivity contribution in [3.05, 3.63) is 59.7 Å². The Balaban J connectivity index is 1.87. The predicted octanol–water partition coefficient (Wildman–Crippen LogP) is 3.69. The van der Waals surface area contributed by atoms with Gasteiger partial charge >= 0.3 is 5.97 Å². The van der Waals surface area contributed by atoms with Crippen LogP contribution >= 0.6 is 11.8 Å². The average Bonchev–Trinajstić information content (AvgIpc) is 2.76. The lowest BCUT2D eigenvalue weighted by atomic mass is 10.1. The van der Waals surface area contributed by atoms with E-state index < -0.39 is 6.23 Å². The monoisotopic (exact) mass is 271 g/mol. The van der Waals surface area contributed by atoms with E-state index in [1.54, 1.807) is 17.8 Å². The normalized spacial score (nSPS) is 16.9. The number of ether oxygens (including phenoxy) is 1. The number of carbonyl (C=O) groups is 1. The summed E-state index contributed by atoms with van der Waals surface area (Å²) in [6.45, 7) is 0. The number of anilines is 1. The van der Waals surface area contributed by atoms with E-state index in [1.165, 1.54) is 4.90 Å². The Morgan fingerprint density at radius 3 is 2.84 bits per heavy atom. The maximum absolute atomic E-state index is 11.7. The number of fused-ring (bicyclic) bond motifs is 1. The van der Waals surface area contributed by atoms with Crippen molar-refractivity contribution in [2.75, 3.05) is 11.6 Å². The molecule has 0 saturated heterocycles. The number of hydrogen-bond acceptors (Lipinski definition) is 4. The van der Waals surface area contributed by atoms with Gasteiger partial charge in [-0.15, -0.1) is 11.8 Å². The molecular weight excluding hydrogens is 258 g/mol. The lowest BCUT2D eigenvalue weighted by Crippen LogP contribution is -2.10. The SMILES string of the molecule is CSc1cccc(NC2OC(=O)c3ccccc32)c1. The summed E-state index contributed by atoms with van der Waals surface area (Å²) in [7, 11) is 0. The Labute approximate surface area is 116 Å². The number of hydrogen-bond donors (Lipinski definition) is 1. The third-order valence-electron chi connectivity index (χ3n) is 3.06. The minimum atomic E-state index is -0.402. The van der Waals surface area contributed by atoms with Gasteiger partial charge in [0.15, 0.2) is 0 Å². The first kappa shape index (κ1) is 12.1. The van der Waals surface area contributed by atoms with Crippen molar-refractivity contribution in [1.82, 2.24) is 0 Å². The van der Waals surface area contributed by atoms with Crippen molar-refractivity contribution in [2.24, 2.45) is 0 Å². The van der Waals surface area contributed by atoms with E-state index in [1.807, 2.05) is 48.7 Å². The molecule has 1 aliphatic heterocycles. The van der Waals surface area contributed by atoms with E-state index >= 15 is 0 Å². The standard InChI is InChI=1S/C15H13NO2S/c1-19-11-6-4-5-10(9-11)16-14-12-7-2-3-8-13(12)15(17)18-14/h2-9,14,16H,1H3. The van der Waals surface area contributed by atoms with Crippen LogP contribution in [0.1, 0.15) is 22.1 Å². The van der Waals surface area contributed by atoms with E-state index in [2.05, 4.69) is 5.32 Å². The Morgan fingerprint density at radius 2 is 2.00 bits per heavy atom. The van der Waals surface area contributed by atoms with Crippen LogP contribution in [0.3, 0.4) is 0 Å². The van der Waals surface area contributed by atoms with Gasteiger partial charge in [-0.25, -0.2) is 4.79 Å². The molecule has 19 heavy (non-hydrogen) atoms. The van der Waals surface area contributed by atoms with Crippen LogP contribution in [0.4, 0.5) is 5.69 Å². The average molecular weight is 271 g/mol. The molecule has 0 saturated carbocycles. The highest BCUT2D eigenvalue weighted by atomic mass is 32.2. The Morgan fingerprint density at radius 1 is 1.16 bits per heavy atom. The fourth-order valence-electron chi connectivity index (χ4n) is 2.12. The molecule has 0 amide bonds. The highest BCUT2D eigenvalue weighted by Gasteiger charge is 2.30. The molecule has 3 nitrogen and oxygen atoms in total. The molecule has 0 radical (unpaired) electrons. The molecule has 1 atom stereocenters. The van der Waals surface area contributed by atoms with E-state index in [9.17, 15) is 4.79 Å². The lowest BCUT2D eigenvalue weighted by Gasteiger charge is -2.14. The lowest BCUT2D eigenvalue weighted by molar-refractivity contribution is 0.0437. The van der Waals surface area contributed by atoms with Gasteiger partial charge in [0, 0.05) is 16.1 Å². The van der Waals surface area contributed by atoms with Gasteiger partial charge in [-0.2, -0.15) is 0 Å². The van der Waals surface area contributed by atoms with Crippen molar-refractivity contribution in [3.8, 4) is 0 Å². The fraction of sp³-hybridized carbons (Fsp3) is 0.133. The first-order chi connectivity index (χ1) is 9.28. The topological polar surface area (TPSA) is 38.3 Å². The third kappa shape index (κ3) is 2.31. The number of rotatable bonds is 3. The number of carbonyl (C=O) groups excluding carboxylic acids is 1. The fourth-order valence-corrected chi connectivity index (χ4v) is 2.58. The largest absolute Gasteiger partial charge is 0.434 e. The Bertz CT molecular complexity index is 627. The molecule has 3 rings (SSSR count). The maximum Gasteiger partial charge on any atom is 0.340 e. The molecule has 0 aliphatic carbocycles. The zero-order valence-electron chi connectivity index (χ0n) is 10.4. The van der Waals surface area contributed by atoms with Crippen molar-refractivity contribution in [2.45, 2.75) is 11.1 Å². The second-order valence-corrected chi connectivity index (χ2v) is 5.13. The zero-order valence-corrected chi connectivity index (χ0v) is 11.2. The van der Waals surface area contributed by atoms with Gasteiger partial charge in [0.1, 0.15) is 0 Å². The molecular formula is C15H13NO2S. The highest BCUT2D eigenvalue weighted by molar-refractivity contribution is 7.98. The van der Waals surface area contributed by atoms with Gasteiger partial charge in [0.05, 0.1) is 5.56 Å². The Hall–Kier alpha value is -1.94. The summed E-state index contributed by atoms with van der Waals surface area (Å²) in [6, 6.07) is 15.5. The minimum absolute atomic E-state index is 0.269. The molecule has 2 aromatic rings. The van der Waals surface area contributed by atoms with Crippen molar-refractivity contribution in [1.29, 1.82) is 0 Å². The maximum atomic E-state index is 11.7. The molecule has 0 aromatic heterocycles. The second-order valence-electron chi connectivity index (χ2n) is 4.25. The quantitative estimate of drug-likeness (QED) is 0.682. The summed E-state index contributed by atoms with van der Waals surface area (Å²) in [6.07, 6.45) is 1.63. The van der Waals surface area contributed by atoms with Gasteiger partial charge in [-0.1, -0.05) is 24.3 Å². The second kappa shape index (κ2) is 4.97. The first-order valence-corrected chi connectivity index (χ1v) is 7.21. The molecule has 1 heterocycles. The highest BCUT2D eigenvalue weighted by Crippen LogP contribution is 2.32. The smallest absolute Gasteiger partial charge is 0.340 e. The van der Waals surface area contributed by atoms with Crippen LogP contribution in [0.25, 0.3) is 0 Å². The molecule has 1 N–H and O–H groups in total. The number of esters is 1. The van der Waals surface area contributed by atoms with Crippen LogP contribution in [-0.2, 0) is 4.74 Å². The summed E-state index contributed by atoms with van der Waals surface area (Å²) in [5.41, 5.74) is 2.48. The minimum Gasteiger partial charge on any atom is -0.434 e. The first-order valence-electron chi connectivity index (χ1n) is 5.98. The molecule has 0 spiro atoms. The van der Waals surface area contributed by atoms with Crippen LogP contribution in [0, 0.1) is 0 Å². The number of nitrogens with one attached hydrogen (secondary N) is 1. The van der Waals surface area contributed by atoms with Gasteiger partial charge < -0.3 is 10.1 Å². The molecule has 1 unspecified atom stereocenters.